The maximum absolute atomic E-state index is 5.57. The van der Waals surface area contributed by atoms with Gasteiger partial charge in [0.2, 0.25) is 0 Å². The van der Waals surface area contributed by atoms with Gasteiger partial charge in [0.25, 0.3) is 0 Å². The van der Waals surface area contributed by atoms with Crippen LogP contribution in [0.2, 0.25) is 0 Å². The average Bonchev–Trinajstić information content (AvgIpc) is 2.38. The van der Waals surface area contributed by atoms with Crippen LogP contribution in [0.5, 0.6) is 0 Å². The standard InChI is InChI=1S/C15H21NO/c1-3-13-8-6-7-12(2)15(13)16-11-14-9-4-5-10-17-14/h5-8,10,14,16H,3-4,9,11H2,1-2H3. The van der Waals surface area contributed by atoms with Gasteiger partial charge in [0.05, 0.1) is 12.8 Å². The molecule has 1 atom stereocenters. The molecule has 0 aromatic heterocycles. The molecule has 0 spiro atoms. The second-order valence-electron chi connectivity index (χ2n) is 4.55. The van der Waals surface area contributed by atoms with Crippen molar-refractivity contribution in [2.24, 2.45) is 0 Å². The number of anilines is 1. The van der Waals surface area contributed by atoms with Crippen LogP contribution in [0.1, 0.15) is 30.9 Å². The number of hydrogen-bond donors (Lipinski definition) is 1. The van der Waals surface area contributed by atoms with Crippen molar-refractivity contribution in [1.29, 1.82) is 0 Å². The minimum absolute atomic E-state index is 0.310. The van der Waals surface area contributed by atoms with Crippen LogP contribution < -0.4 is 5.32 Å². The summed E-state index contributed by atoms with van der Waals surface area (Å²) in [5.74, 6) is 0. The lowest BCUT2D eigenvalue weighted by molar-refractivity contribution is 0.135. The van der Waals surface area contributed by atoms with Crippen molar-refractivity contribution in [3.8, 4) is 0 Å². The van der Waals surface area contributed by atoms with E-state index < -0.39 is 0 Å². The van der Waals surface area contributed by atoms with Crippen molar-refractivity contribution in [1.82, 2.24) is 0 Å². The van der Waals surface area contributed by atoms with Crippen molar-refractivity contribution in [3.05, 3.63) is 41.7 Å². The molecule has 0 aliphatic carbocycles. The molecule has 0 saturated heterocycles. The molecule has 1 N–H and O–H groups in total. The minimum atomic E-state index is 0.310. The molecule has 92 valence electrons. The lowest BCUT2D eigenvalue weighted by Gasteiger charge is -2.22. The molecular weight excluding hydrogens is 210 g/mol. The molecule has 1 aliphatic heterocycles. The van der Waals surface area contributed by atoms with Crippen LogP contribution in [0.3, 0.4) is 0 Å². The highest BCUT2D eigenvalue weighted by Crippen LogP contribution is 2.21. The highest BCUT2D eigenvalue weighted by atomic mass is 16.5. The van der Waals surface area contributed by atoms with Crippen LogP contribution in [0.25, 0.3) is 0 Å². The SMILES string of the molecule is CCc1cccc(C)c1NCC1CCC=CO1. The van der Waals surface area contributed by atoms with Crippen LogP contribution in [0, 0.1) is 6.92 Å². The molecule has 2 nitrogen and oxygen atoms in total. The second kappa shape index (κ2) is 5.76. The lowest BCUT2D eigenvalue weighted by Crippen LogP contribution is -2.23. The van der Waals surface area contributed by atoms with Crippen LogP contribution in [-0.2, 0) is 11.2 Å². The Balaban J connectivity index is 2.00. The summed E-state index contributed by atoms with van der Waals surface area (Å²) in [7, 11) is 0. The maximum Gasteiger partial charge on any atom is 0.115 e. The maximum atomic E-state index is 5.57. The quantitative estimate of drug-likeness (QED) is 0.853. The van der Waals surface area contributed by atoms with Crippen molar-refractivity contribution >= 4 is 5.69 Å². The number of aryl methyl sites for hydroxylation is 2. The third kappa shape index (κ3) is 3.02. The van der Waals surface area contributed by atoms with Gasteiger partial charge in [-0.05, 0) is 43.4 Å². The van der Waals surface area contributed by atoms with E-state index in [9.17, 15) is 0 Å². The van der Waals surface area contributed by atoms with E-state index in [2.05, 4.69) is 43.4 Å². The monoisotopic (exact) mass is 231 g/mol. The summed E-state index contributed by atoms with van der Waals surface area (Å²) in [6, 6.07) is 6.47. The van der Waals surface area contributed by atoms with Gasteiger partial charge in [-0.3, -0.25) is 0 Å². The predicted octanol–water partition coefficient (Wildman–Crippen LogP) is 3.66. The Kier molecular flexibility index (Phi) is 4.08. The Morgan fingerprint density at radius 1 is 1.41 bits per heavy atom. The lowest BCUT2D eigenvalue weighted by atomic mass is 10.1. The summed E-state index contributed by atoms with van der Waals surface area (Å²) in [6.45, 7) is 5.24. The van der Waals surface area contributed by atoms with Gasteiger partial charge in [-0.2, -0.15) is 0 Å². The van der Waals surface area contributed by atoms with Crippen LogP contribution >= 0.6 is 0 Å². The van der Waals surface area contributed by atoms with E-state index in [1.54, 1.807) is 0 Å². The zero-order valence-electron chi connectivity index (χ0n) is 10.7. The van der Waals surface area contributed by atoms with Gasteiger partial charge in [-0.1, -0.05) is 25.1 Å². The first-order chi connectivity index (χ1) is 8.31. The van der Waals surface area contributed by atoms with Gasteiger partial charge in [-0.15, -0.1) is 0 Å². The second-order valence-corrected chi connectivity index (χ2v) is 4.55. The molecule has 0 saturated carbocycles. The van der Waals surface area contributed by atoms with Gasteiger partial charge in [-0.25, -0.2) is 0 Å². The fourth-order valence-corrected chi connectivity index (χ4v) is 2.23. The summed E-state index contributed by atoms with van der Waals surface area (Å²) < 4.78 is 5.57. The summed E-state index contributed by atoms with van der Waals surface area (Å²) in [6.07, 6.45) is 7.52. The van der Waals surface area contributed by atoms with E-state index in [-0.39, 0.29) is 0 Å². The molecule has 0 fully saturated rings. The normalized spacial score (nSPS) is 18.8. The van der Waals surface area contributed by atoms with Crippen molar-refractivity contribution in [2.75, 3.05) is 11.9 Å². The summed E-state index contributed by atoms with van der Waals surface area (Å²) >= 11 is 0. The Hall–Kier alpha value is -1.44. The zero-order chi connectivity index (χ0) is 12.1. The number of benzene rings is 1. The number of rotatable bonds is 4. The first kappa shape index (κ1) is 12.0. The molecule has 0 amide bonds. The van der Waals surface area contributed by atoms with E-state index in [4.69, 9.17) is 4.74 Å². The van der Waals surface area contributed by atoms with E-state index in [0.29, 0.717) is 6.10 Å². The Morgan fingerprint density at radius 2 is 2.29 bits per heavy atom. The smallest absolute Gasteiger partial charge is 0.115 e. The third-order valence-electron chi connectivity index (χ3n) is 3.27. The van der Waals surface area contributed by atoms with Crippen molar-refractivity contribution < 1.29 is 4.74 Å². The highest BCUT2D eigenvalue weighted by molar-refractivity contribution is 5.57. The largest absolute Gasteiger partial charge is 0.497 e. The van der Waals surface area contributed by atoms with Crippen LogP contribution in [0.4, 0.5) is 5.69 Å². The molecule has 2 heteroatoms. The van der Waals surface area contributed by atoms with Crippen LogP contribution in [-0.4, -0.2) is 12.6 Å². The fourth-order valence-electron chi connectivity index (χ4n) is 2.23. The number of para-hydroxylation sites is 1. The van der Waals surface area contributed by atoms with Crippen molar-refractivity contribution in [2.45, 2.75) is 39.2 Å². The molecule has 2 rings (SSSR count). The summed E-state index contributed by atoms with van der Waals surface area (Å²) in [5, 5.41) is 3.54. The molecular formula is C15H21NO. The topological polar surface area (TPSA) is 21.3 Å². The Labute approximate surface area is 104 Å². The molecule has 1 aliphatic rings. The Morgan fingerprint density at radius 3 is 3.00 bits per heavy atom. The summed E-state index contributed by atoms with van der Waals surface area (Å²) in [5.41, 5.74) is 3.99. The van der Waals surface area contributed by atoms with Gasteiger partial charge >= 0.3 is 0 Å². The number of nitrogens with one attached hydrogen (secondary N) is 1. The zero-order valence-corrected chi connectivity index (χ0v) is 10.7. The Bertz CT molecular complexity index is 398. The highest BCUT2D eigenvalue weighted by Gasteiger charge is 2.12. The van der Waals surface area contributed by atoms with Crippen molar-refractivity contribution in [3.63, 3.8) is 0 Å². The molecule has 1 aromatic carbocycles. The predicted molar refractivity (Wildman–Crippen MR) is 72.3 cm³/mol. The first-order valence-corrected chi connectivity index (χ1v) is 6.44. The van der Waals surface area contributed by atoms with Gasteiger partial charge in [0.1, 0.15) is 6.10 Å². The number of ether oxygens (including phenoxy) is 1. The van der Waals surface area contributed by atoms with E-state index >= 15 is 0 Å². The van der Waals surface area contributed by atoms with Gasteiger partial charge in [0.15, 0.2) is 0 Å². The van der Waals surface area contributed by atoms with Crippen LogP contribution in [0.15, 0.2) is 30.5 Å². The number of allylic oxidation sites excluding steroid dienone is 1. The molecule has 0 radical (unpaired) electrons. The summed E-state index contributed by atoms with van der Waals surface area (Å²) in [4.78, 5) is 0. The first-order valence-electron chi connectivity index (χ1n) is 6.44. The molecule has 17 heavy (non-hydrogen) atoms. The number of hydrogen-bond acceptors (Lipinski definition) is 2. The van der Waals surface area contributed by atoms with E-state index in [1.165, 1.54) is 16.8 Å². The average molecular weight is 231 g/mol. The van der Waals surface area contributed by atoms with E-state index in [0.717, 1.165) is 25.8 Å². The third-order valence-corrected chi connectivity index (χ3v) is 3.27. The van der Waals surface area contributed by atoms with Gasteiger partial charge < -0.3 is 10.1 Å². The fraction of sp³-hybridized carbons (Fsp3) is 0.467. The molecule has 1 unspecified atom stereocenters. The van der Waals surface area contributed by atoms with Gasteiger partial charge in [0, 0.05) is 5.69 Å². The molecule has 1 aromatic rings. The van der Waals surface area contributed by atoms with E-state index in [1.807, 2.05) is 6.26 Å². The molecule has 0 bridgehead atoms. The molecule has 1 heterocycles. The minimum Gasteiger partial charge on any atom is -0.497 e.